The zero-order chi connectivity index (χ0) is 20.7. The Balaban J connectivity index is 1.42. The van der Waals surface area contributed by atoms with Crippen molar-refractivity contribution in [3.63, 3.8) is 0 Å². The van der Waals surface area contributed by atoms with E-state index in [1.165, 1.54) is 6.26 Å². The molecule has 0 spiro atoms. The summed E-state index contributed by atoms with van der Waals surface area (Å²) in [6.45, 7) is 3.62. The van der Waals surface area contributed by atoms with Gasteiger partial charge in [-0.25, -0.2) is 4.98 Å². The summed E-state index contributed by atoms with van der Waals surface area (Å²) in [5.41, 5.74) is 3.51. The second-order valence-electron chi connectivity index (χ2n) is 7.55. The fourth-order valence-electron chi connectivity index (χ4n) is 3.93. The molecule has 0 unspecified atom stereocenters. The normalized spacial score (nSPS) is 14.2. The third kappa shape index (κ3) is 3.27. The number of aromatic amines is 1. The molecule has 4 heterocycles. The number of benzene rings is 1. The number of aromatic nitrogens is 2. The molecule has 1 aromatic carbocycles. The van der Waals surface area contributed by atoms with Gasteiger partial charge in [-0.1, -0.05) is 13.0 Å². The highest BCUT2D eigenvalue weighted by atomic mass is 16.3. The minimum absolute atomic E-state index is 0.0162. The Bertz CT molecular complexity index is 1340. The number of nitrogens with one attached hydrogen (secondary N) is 1. The van der Waals surface area contributed by atoms with Crippen molar-refractivity contribution in [3.8, 4) is 11.6 Å². The van der Waals surface area contributed by atoms with Crippen LogP contribution in [0.25, 0.3) is 22.6 Å². The third-order valence-electron chi connectivity index (χ3n) is 5.61. The van der Waals surface area contributed by atoms with Crippen LogP contribution in [0.15, 0.2) is 61.3 Å². The number of furan rings is 1. The lowest BCUT2D eigenvalue weighted by Gasteiger charge is -2.27. The van der Waals surface area contributed by atoms with Gasteiger partial charge in [-0.3, -0.25) is 14.5 Å². The van der Waals surface area contributed by atoms with Crippen molar-refractivity contribution in [2.75, 3.05) is 6.54 Å². The summed E-state index contributed by atoms with van der Waals surface area (Å²) in [6.07, 6.45) is 4.58. The fraction of sp³-hybridized carbons (Fsp3) is 0.261. The molecule has 0 bridgehead atoms. The minimum Gasteiger partial charge on any atom is -0.464 e. The highest BCUT2D eigenvalue weighted by Gasteiger charge is 2.23. The maximum absolute atomic E-state index is 13.0. The summed E-state index contributed by atoms with van der Waals surface area (Å²) < 4.78 is 11.0. The predicted molar refractivity (Wildman–Crippen MR) is 112 cm³/mol. The second-order valence-corrected chi connectivity index (χ2v) is 7.55. The van der Waals surface area contributed by atoms with Gasteiger partial charge in [0.15, 0.2) is 17.0 Å². The van der Waals surface area contributed by atoms with Gasteiger partial charge in [0.1, 0.15) is 5.58 Å². The van der Waals surface area contributed by atoms with Crippen LogP contribution in [0.2, 0.25) is 0 Å². The van der Waals surface area contributed by atoms with Crippen LogP contribution in [0.5, 0.6) is 0 Å². The highest BCUT2D eigenvalue weighted by Crippen LogP contribution is 2.21. The molecule has 30 heavy (non-hydrogen) atoms. The summed E-state index contributed by atoms with van der Waals surface area (Å²) in [4.78, 5) is 35.1. The number of rotatable bonds is 4. The first kappa shape index (κ1) is 18.6. The van der Waals surface area contributed by atoms with E-state index in [2.05, 4.69) is 21.8 Å². The predicted octanol–water partition coefficient (Wildman–Crippen LogP) is 3.26. The van der Waals surface area contributed by atoms with Gasteiger partial charge in [-0.15, -0.1) is 0 Å². The van der Waals surface area contributed by atoms with E-state index in [0.717, 1.165) is 17.7 Å². The van der Waals surface area contributed by atoms with Gasteiger partial charge in [0, 0.05) is 31.6 Å². The first-order valence-corrected chi connectivity index (χ1v) is 10.0. The number of aryl methyl sites for hydroxylation is 1. The zero-order valence-electron chi connectivity index (χ0n) is 16.6. The minimum atomic E-state index is -0.172. The van der Waals surface area contributed by atoms with Crippen molar-refractivity contribution in [3.05, 3.63) is 85.8 Å². The Morgan fingerprint density at radius 3 is 2.90 bits per heavy atom. The average molecular weight is 403 g/mol. The SMILES string of the molecule is CCc1ccc2occ(CN3CCc4nc(-c5ccco5)[nH]c(=O)c4C3)c(=O)c2c1. The third-order valence-corrected chi connectivity index (χ3v) is 5.61. The van der Waals surface area contributed by atoms with Crippen LogP contribution in [0.3, 0.4) is 0 Å². The van der Waals surface area contributed by atoms with Gasteiger partial charge < -0.3 is 13.8 Å². The van der Waals surface area contributed by atoms with Gasteiger partial charge in [-0.2, -0.15) is 0 Å². The summed E-state index contributed by atoms with van der Waals surface area (Å²) in [6, 6.07) is 9.25. The van der Waals surface area contributed by atoms with Crippen molar-refractivity contribution >= 4 is 11.0 Å². The Labute approximate surface area is 172 Å². The standard InChI is InChI=1S/C23H21N3O4/c1-2-14-5-6-19-16(10-14)21(27)15(13-30-19)11-26-8-7-18-17(12-26)23(28)25-22(24-18)20-4-3-9-29-20/h3-6,9-10,13H,2,7-8,11-12H2,1H3,(H,24,25,28). The van der Waals surface area contributed by atoms with Crippen molar-refractivity contribution in [1.82, 2.24) is 14.9 Å². The molecule has 7 heteroatoms. The van der Waals surface area contributed by atoms with Crippen LogP contribution in [0.1, 0.15) is 29.3 Å². The summed E-state index contributed by atoms with van der Waals surface area (Å²) in [5.74, 6) is 0.983. The smallest absolute Gasteiger partial charge is 0.256 e. The van der Waals surface area contributed by atoms with E-state index in [1.54, 1.807) is 18.4 Å². The fourth-order valence-corrected chi connectivity index (χ4v) is 3.93. The molecule has 4 aromatic rings. The van der Waals surface area contributed by atoms with E-state index in [4.69, 9.17) is 8.83 Å². The number of hydrogen-bond donors (Lipinski definition) is 1. The zero-order valence-corrected chi connectivity index (χ0v) is 16.6. The molecule has 0 saturated heterocycles. The number of nitrogens with zero attached hydrogens (tertiary/aromatic N) is 2. The molecule has 3 aromatic heterocycles. The van der Waals surface area contributed by atoms with E-state index >= 15 is 0 Å². The molecular weight excluding hydrogens is 382 g/mol. The van der Waals surface area contributed by atoms with Crippen molar-refractivity contribution < 1.29 is 8.83 Å². The molecule has 0 saturated carbocycles. The lowest BCUT2D eigenvalue weighted by Crippen LogP contribution is -2.36. The lowest BCUT2D eigenvalue weighted by atomic mass is 10.0. The van der Waals surface area contributed by atoms with E-state index in [-0.39, 0.29) is 11.0 Å². The van der Waals surface area contributed by atoms with Crippen LogP contribution in [-0.2, 0) is 25.9 Å². The van der Waals surface area contributed by atoms with E-state index < -0.39 is 0 Å². The maximum atomic E-state index is 13.0. The summed E-state index contributed by atoms with van der Waals surface area (Å²) >= 11 is 0. The Kier molecular flexibility index (Phi) is 4.59. The quantitative estimate of drug-likeness (QED) is 0.562. The van der Waals surface area contributed by atoms with Gasteiger partial charge >= 0.3 is 0 Å². The van der Waals surface area contributed by atoms with Crippen LogP contribution in [0, 0.1) is 0 Å². The average Bonchev–Trinajstić information content (AvgIpc) is 3.31. The molecule has 0 amide bonds. The molecule has 0 radical (unpaired) electrons. The molecule has 7 nitrogen and oxygen atoms in total. The van der Waals surface area contributed by atoms with Crippen molar-refractivity contribution in [2.45, 2.75) is 32.9 Å². The molecule has 1 aliphatic rings. The second kappa shape index (κ2) is 7.42. The van der Waals surface area contributed by atoms with Gasteiger partial charge in [0.25, 0.3) is 5.56 Å². The molecule has 152 valence electrons. The monoisotopic (exact) mass is 403 g/mol. The molecular formula is C23H21N3O4. The first-order valence-electron chi connectivity index (χ1n) is 10.0. The van der Waals surface area contributed by atoms with Gasteiger partial charge in [0.2, 0.25) is 0 Å². The summed E-state index contributed by atoms with van der Waals surface area (Å²) in [5, 5.41) is 0.604. The van der Waals surface area contributed by atoms with Crippen LogP contribution >= 0.6 is 0 Å². The van der Waals surface area contributed by atoms with E-state index in [1.807, 2.05) is 18.2 Å². The maximum Gasteiger partial charge on any atom is 0.256 e. The van der Waals surface area contributed by atoms with E-state index in [0.29, 0.717) is 59.7 Å². The molecule has 1 N–H and O–H groups in total. The van der Waals surface area contributed by atoms with Crippen molar-refractivity contribution in [1.29, 1.82) is 0 Å². The number of fused-ring (bicyclic) bond motifs is 2. The van der Waals surface area contributed by atoms with E-state index in [9.17, 15) is 9.59 Å². The topological polar surface area (TPSA) is 92.3 Å². The number of hydrogen-bond acceptors (Lipinski definition) is 6. The molecule has 0 aliphatic carbocycles. The first-order chi connectivity index (χ1) is 14.6. The van der Waals surface area contributed by atoms with Crippen LogP contribution in [0.4, 0.5) is 0 Å². The molecule has 1 aliphatic heterocycles. The van der Waals surface area contributed by atoms with Gasteiger partial charge in [0.05, 0.1) is 29.2 Å². The molecule has 0 fully saturated rings. The largest absolute Gasteiger partial charge is 0.464 e. The highest BCUT2D eigenvalue weighted by molar-refractivity contribution is 5.77. The Morgan fingerprint density at radius 2 is 2.10 bits per heavy atom. The molecule has 5 rings (SSSR count). The van der Waals surface area contributed by atoms with Gasteiger partial charge in [-0.05, 0) is 36.2 Å². The number of H-pyrrole nitrogens is 1. The lowest BCUT2D eigenvalue weighted by molar-refractivity contribution is 0.239. The Morgan fingerprint density at radius 1 is 1.20 bits per heavy atom. The van der Waals surface area contributed by atoms with Crippen LogP contribution in [-0.4, -0.2) is 21.4 Å². The molecule has 0 atom stereocenters. The Hall–Kier alpha value is -3.45. The van der Waals surface area contributed by atoms with Crippen molar-refractivity contribution in [2.24, 2.45) is 0 Å². The van der Waals surface area contributed by atoms with Crippen LogP contribution < -0.4 is 11.0 Å². The summed E-state index contributed by atoms with van der Waals surface area (Å²) in [7, 11) is 0.